The molecule has 1 aromatic carbocycles. The second-order valence-electron chi connectivity index (χ2n) is 2.50. The van der Waals surface area contributed by atoms with Crippen LogP contribution < -0.4 is 56.1 Å². The van der Waals surface area contributed by atoms with Crippen LogP contribution in [0.3, 0.4) is 0 Å². The zero-order valence-corrected chi connectivity index (χ0v) is 12.3. The summed E-state index contributed by atoms with van der Waals surface area (Å²) in [7, 11) is 0. The van der Waals surface area contributed by atoms with Crippen LogP contribution in [0.2, 0.25) is 0 Å². The van der Waals surface area contributed by atoms with Crippen LogP contribution in [0.25, 0.3) is 5.73 Å². The molecular formula is C8H10KN3O2S. The van der Waals surface area contributed by atoms with Gasteiger partial charge in [-0.3, -0.25) is 14.8 Å². The van der Waals surface area contributed by atoms with E-state index in [-0.39, 0.29) is 57.1 Å². The Balaban J connectivity index is 0.00000196. The minimum atomic E-state index is -0.425. The molecule has 0 aliphatic rings. The minimum absolute atomic E-state index is 0. The third kappa shape index (κ3) is 5.98. The molecule has 0 aliphatic heterocycles. The van der Waals surface area contributed by atoms with Crippen LogP contribution >= 0.6 is 11.9 Å². The molecule has 2 N–H and O–H groups in total. The van der Waals surface area contributed by atoms with Crippen LogP contribution in [-0.4, -0.2) is 18.0 Å². The van der Waals surface area contributed by atoms with Gasteiger partial charge in [0.2, 0.25) is 0 Å². The normalized spacial score (nSPS) is 9.40. The van der Waals surface area contributed by atoms with Crippen LogP contribution in [0, 0.1) is 10.1 Å². The summed E-state index contributed by atoms with van der Waals surface area (Å²) in [6.45, 7) is 0.918. The van der Waals surface area contributed by atoms with Crippen molar-refractivity contribution < 1.29 is 56.3 Å². The molecule has 1 rings (SSSR count). The summed E-state index contributed by atoms with van der Waals surface area (Å²) in [6.07, 6.45) is 0. The first-order valence-electron chi connectivity index (χ1n) is 4.03. The van der Waals surface area contributed by atoms with Crippen molar-refractivity contribution in [3.05, 3.63) is 40.1 Å². The molecule has 0 radical (unpaired) electrons. The largest absolute Gasteiger partial charge is 1.00 e. The zero-order valence-electron chi connectivity index (χ0n) is 8.40. The molecule has 0 spiro atoms. The number of nitro benzene ring substituents is 1. The molecule has 0 saturated carbocycles. The van der Waals surface area contributed by atoms with Gasteiger partial charge in [-0.25, -0.2) is 0 Å². The van der Waals surface area contributed by atoms with Crippen molar-refractivity contribution in [2.75, 3.05) is 13.1 Å². The Hall–Kier alpha value is 0.526. The van der Waals surface area contributed by atoms with Crippen molar-refractivity contribution in [2.45, 2.75) is 4.90 Å². The Morgan fingerprint density at radius 2 is 2.00 bits per heavy atom. The molecule has 0 unspecified atom stereocenters. The van der Waals surface area contributed by atoms with E-state index in [1.165, 1.54) is 24.1 Å². The molecule has 0 heterocycles. The molecule has 7 heteroatoms. The Kier molecular flexibility index (Phi) is 8.96. The maximum Gasteiger partial charge on any atom is 1.00 e. The van der Waals surface area contributed by atoms with Gasteiger partial charge in [0.25, 0.3) is 5.69 Å². The Morgan fingerprint density at radius 1 is 1.40 bits per heavy atom. The molecular weight excluding hydrogens is 241 g/mol. The SMILES string of the molecule is [K+].[NH-]CCNSc1ccc([N+](=O)[O-])cc1. The number of nitro groups is 1. The van der Waals surface area contributed by atoms with Crippen molar-refractivity contribution in [3.8, 4) is 0 Å². The molecule has 15 heavy (non-hydrogen) atoms. The van der Waals surface area contributed by atoms with Gasteiger partial charge in [0.05, 0.1) is 4.92 Å². The molecule has 76 valence electrons. The molecule has 0 aromatic heterocycles. The number of hydrogen-bond donors (Lipinski definition) is 1. The van der Waals surface area contributed by atoms with Gasteiger partial charge < -0.3 is 5.73 Å². The fourth-order valence-corrected chi connectivity index (χ4v) is 1.46. The van der Waals surface area contributed by atoms with E-state index in [4.69, 9.17) is 5.73 Å². The average Bonchev–Trinajstić information content (AvgIpc) is 2.19. The Labute approximate surface area is 135 Å². The number of nitrogens with one attached hydrogen (secondary N) is 2. The maximum absolute atomic E-state index is 10.3. The standard InChI is InChI=1S/C8H10N3O2S.K/c9-5-6-10-14-8-3-1-7(2-4-8)11(12)13;/h1-4,9-10H,5-6H2;/q-1;+1. The summed E-state index contributed by atoms with van der Waals surface area (Å²) in [5.74, 6) is 0. The minimum Gasteiger partial charge on any atom is -0.676 e. The average molecular weight is 251 g/mol. The fourth-order valence-electron chi connectivity index (χ4n) is 0.821. The summed E-state index contributed by atoms with van der Waals surface area (Å²) >= 11 is 1.37. The van der Waals surface area contributed by atoms with Gasteiger partial charge in [-0.05, 0) is 30.6 Å². The third-order valence-electron chi connectivity index (χ3n) is 1.46. The van der Waals surface area contributed by atoms with Crippen molar-refractivity contribution in [2.24, 2.45) is 0 Å². The third-order valence-corrected chi connectivity index (χ3v) is 2.32. The molecule has 0 amide bonds. The van der Waals surface area contributed by atoms with E-state index in [2.05, 4.69) is 4.72 Å². The van der Waals surface area contributed by atoms with Crippen LogP contribution in [-0.2, 0) is 0 Å². The molecule has 0 fully saturated rings. The van der Waals surface area contributed by atoms with Crippen molar-refractivity contribution >= 4 is 17.6 Å². The first-order chi connectivity index (χ1) is 6.74. The zero-order chi connectivity index (χ0) is 10.4. The molecule has 0 bridgehead atoms. The van der Waals surface area contributed by atoms with E-state index in [0.717, 1.165) is 4.90 Å². The summed E-state index contributed by atoms with van der Waals surface area (Å²) in [6, 6.07) is 6.29. The van der Waals surface area contributed by atoms with Gasteiger partial charge in [-0.15, -0.1) is 6.54 Å². The van der Waals surface area contributed by atoms with Crippen LogP contribution in [0.4, 0.5) is 5.69 Å². The van der Waals surface area contributed by atoms with E-state index >= 15 is 0 Å². The second kappa shape index (κ2) is 8.65. The van der Waals surface area contributed by atoms with Crippen LogP contribution in [0.5, 0.6) is 0 Å². The quantitative estimate of drug-likeness (QED) is 0.245. The van der Waals surface area contributed by atoms with Crippen molar-refractivity contribution in [3.63, 3.8) is 0 Å². The van der Waals surface area contributed by atoms with Crippen molar-refractivity contribution in [1.82, 2.24) is 4.72 Å². The molecule has 1 aromatic rings. The van der Waals surface area contributed by atoms with E-state index in [1.54, 1.807) is 12.1 Å². The molecule has 0 atom stereocenters. The number of nitrogens with zero attached hydrogens (tertiary/aromatic N) is 1. The number of rotatable bonds is 5. The van der Waals surface area contributed by atoms with Gasteiger partial charge in [0.1, 0.15) is 0 Å². The maximum atomic E-state index is 10.3. The van der Waals surface area contributed by atoms with Gasteiger partial charge >= 0.3 is 51.4 Å². The van der Waals surface area contributed by atoms with Crippen LogP contribution in [0.1, 0.15) is 0 Å². The predicted octanol–water partition coefficient (Wildman–Crippen LogP) is -0.752. The number of benzene rings is 1. The first kappa shape index (κ1) is 15.5. The molecule has 5 nitrogen and oxygen atoms in total. The molecule has 0 saturated heterocycles. The van der Waals surface area contributed by atoms with Gasteiger partial charge in [-0.1, -0.05) is 0 Å². The Bertz CT molecular complexity index is 307. The topological polar surface area (TPSA) is 79.0 Å². The Morgan fingerprint density at radius 3 is 2.47 bits per heavy atom. The van der Waals surface area contributed by atoms with Gasteiger partial charge in [0, 0.05) is 17.0 Å². The van der Waals surface area contributed by atoms with Crippen LogP contribution in [0.15, 0.2) is 29.2 Å². The van der Waals surface area contributed by atoms with Gasteiger partial charge in [0.15, 0.2) is 0 Å². The van der Waals surface area contributed by atoms with E-state index < -0.39 is 4.92 Å². The van der Waals surface area contributed by atoms with E-state index in [0.29, 0.717) is 13.1 Å². The summed E-state index contributed by atoms with van der Waals surface area (Å²) < 4.78 is 2.96. The molecule has 0 aliphatic carbocycles. The van der Waals surface area contributed by atoms with E-state index in [1.807, 2.05) is 0 Å². The van der Waals surface area contributed by atoms with Gasteiger partial charge in [-0.2, -0.15) is 0 Å². The van der Waals surface area contributed by atoms with Crippen molar-refractivity contribution in [1.29, 1.82) is 0 Å². The number of hydrogen-bond acceptors (Lipinski definition) is 4. The fraction of sp³-hybridized carbons (Fsp3) is 0.250. The second-order valence-corrected chi connectivity index (χ2v) is 3.46. The predicted molar refractivity (Wildman–Crippen MR) is 56.1 cm³/mol. The van der Waals surface area contributed by atoms with E-state index in [9.17, 15) is 10.1 Å². The monoisotopic (exact) mass is 251 g/mol. The smallest absolute Gasteiger partial charge is 0.676 e. The first-order valence-corrected chi connectivity index (χ1v) is 4.84. The number of non-ortho nitro benzene ring substituents is 1. The summed E-state index contributed by atoms with van der Waals surface area (Å²) in [4.78, 5) is 10.8. The summed E-state index contributed by atoms with van der Waals surface area (Å²) in [5.41, 5.74) is 6.99. The summed E-state index contributed by atoms with van der Waals surface area (Å²) in [5, 5.41) is 10.3.